The summed E-state index contributed by atoms with van der Waals surface area (Å²) in [6, 6.07) is 4.27. The third kappa shape index (κ3) is 3.14. The molecule has 0 radical (unpaired) electrons. The molecule has 0 saturated carbocycles. The van der Waals surface area contributed by atoms with Crippen LogP contribution in [0.1, 0.15) is 86.3 Å². The summed E-state index contributed by atoms with van der Waals surface area (Å²) in [5.74, 6) is 1.07. The first-order chi connectivity index (χ1) is 8.25. The van der Waals surface area contributed by atoms with Crippen molar-refractivity contribution in [3.05, 3.63) is 34.4 Å². The molecule has 0 heterocycles. The first kappa shape index (κ1) is 15.2. The zero-order chi connectivity index (χ0) is 14.0. The summed E-state index contributed by atoms with van der Waals surface area (Å²) in [7, 11) is 0. The third-order valence-electron chi connectivity index (χ3n) is 3.33. The number of carbonyl (C=O) groups is 1. The van der Waals surface area contributed by atoms with Gasteiger partial charge in [0.2, 0.25) is 0 Å². The number of carbonyl (C=O) groups excluding carboxylic acids is 1. The first-order valence-electron chi connectivity index (χ1n) is 6.63. The van der Waals surface area contributed by atoms with E-state index >= 15 is 0 Å². The zero-order valence-corrected chi connectivity index (χ0v) is 12.9. The molecule has 1 aromatic carbocycles. The Morgan fingerprint density at radius 3 is 1.50 bits per heavy atom. The lowest BCUT2D eigenvalue weighted by Gasteiger charge is -2.20. The Morgan fingerprint density at radius 1 is 0.889 bits per heavy atom. The van der Waals surface area contributed by atoms with Gasteiger partial charge in [0.1, 0.15) is 0 Å². The van der Waals surface area contributed by atoms with Gasteiger partial charge < -0.3 is 0 Å². The van der Waals surface area contributed by atoms with E-state index in [1.807, 2.05) is 0 Å². The van der Waals surface area contributed by atoms with Crippen LogP contribution in [0.4, 0.5) is 0 Å². The van der Waals surface area contributed by atoms with E-state index in [2.05, 4.69) is 53.7 Å². The van der Waals surface area contributed by atoms with Crippen molar-refractivity contribution >= 4 is 16.8 Å². The van der Waals surface area contributed by atoms with Crippen LogP contribution in [0.2, 0.25) is 0 Å². The predicted molar refractivity (Wildman–Crippen MR) is 78.9 cm³/mol. The van der Waals surface area contributed by atoms with E-state index in [9.17, 15) is 4.79 Å². The minimum Gasteiger partial charge on any atom is -0.276 e. The van der Waals surface area contributed by atoms with Gasteiger partial charge in [0.15, 0.2) is 0 Å². The van der Waals surface area contributed by atoms with E-state index in [0.29, 0.717) is 23.3 Å². The highest BCUT2D eigenvalue weighted by molar-refractivity contribution is 6.68. The SMILES string of the molecule is CC(C)c1cc(C(C)C)c(C(=O)Cl)c(C(C)C)c1. The molecule has 0 unspecified atom stereocenters. The number of hydrogen-bond acceptors (Lipinski definition) is 1. The summed E-state index contributed by atoms with van der Waals surface area (Å²) in [5.41, 5.74) is 4.14. The second kappa shape index (κ2) is 5.88. The van der Waals surface area contributed by atoms with Crippen LogP contribution in [-0.4, -0.2) is 5.24 Å². The molecular formula is C16H23ClO. The number of halogens is 1. The highest BCUT2D eigenvalue weighted by Crippen LogP contribution is 2.32. The topological polar surface area (TPSA) is 17.1 Å². The van der Waals surface area contributed by atoms with Crippen LogP contribution in [0.15, 0.2) is 12.1 Å². The Morgan fingerprint density at radius 2 is 1.28 bits per heavy atom. The van der Waals surface area contributed by atoms with Crippen LogP contribution >= 0.6 is 11.6 Å². The molecule has 1 nitrogen and oxygen atoms in total. The van der Waals surface area contributed by atoms with E-state index in [-0.39, 0.29) is 5.24 Å². The van der Waals surface area contributed by atoms with Gasteiger partial charge in [0, 0.05) is 5.56 Å². The van der Waals surface area contributed by atoms with Crippen molar-refractivity contribution < 1.29 is 4.79 Å². The van der Waals surface area contributed by atoms with Crippen molar-refractivity contribution in [2.75, 3.05) is 0 Å². The van der Waals surface area contributed by atoms with Gasteiger partial charge in [-0.3, -0.25) is 4.79 Å². The molecule has 0 fully saturated rings. The molecular weight excluding hydrogens is 244 g/mol. The molecule has 1 rings (SSSR count). The van der Waals surface area contributed by atoms with Gasteiger partial charge in [0.05, 0.1) is 0 Å². The van der Waals surface area contributed by atoms with Gasteiger partial charge >= 0.3 is 0 Å². The Bertz CT molecular complexity index is 415. The van der Waals surface area contributed by atoms with Crippen LogP contribution in [0.5, 0.6) is 0 Å². The maximum Gasteiger partial charge on any atom is 0.252 e. The van der Waals surface area contributed by atoms with Crippen molar-refractivity contribution in [2.24, 2.45) is 0 Å². The van der Waals surface area contributed by atoms with Crippen molar-refractivity contribution in [2.45, 2.75) is 59.3 Å². The fraction of sp³-hybridized carbons (Fsp3) is 0.562. The van der Waals surface area contributed by atoms with Crippen LogP contribution in [-0.2, 0) is 0 Å². The predicted octanol–water partition coefficient (Wildman–Crippen LogP) is 5.44. The quantitative estimate of drug-likeness (QED) is 0.664. The normalized spacial score (nSPS) is 11.7. The molecule has 0 aromatic heterocycles. The second-order valence-electron chi connectivity index (χ2n) is 5.81. The molecule has 0 saturated heterocycles. The molecule has 0 bridgehead atoms. The zero-order valence-electron chi connectivity index (χ0n) is 12.2. The summed E-state index contributed by atoms with van der Waals surface area (Å²) < 4.78 is 0. The van der Waals surface area contributed by atoms with Crippen LogP contribution in [0, 0.1) is 0 Å². The monoisotopic (exact) mass is 266 g/mol. The van der Waals surface area contributed by atoms with E-state index in [1.54, 1.807) is 0 Å². The standard InChI is InChI=1S/C16H23ClO/c1-9(2)12-7-13(10(3)4)15(16(17)18)14(8-12)11(5)6/h7-11H,1-6H3. The van der Waals surface area contributed by atoms with E-state index < -0.39 is 0 Å². The molecule has 0 N–H and O–H groups in total. The molecule has 100 valence electrons. The van der Waals surface area contributed by atoms with Crippen molar-refractivity contribution in [1.29, 1.82) is 0 Å². The minimum atomic E-state index is -0.335. The van der Waals surface area contributed by atoms with Gasteiger partial charge in [-0.05, 0) is 46.0 Å². The van der Waals surface area contributed by atoms with E-state index in [1.165, 1.54) is 5.56 Å². The number of rotatable bonds is 4. The molecule has 0 aliphatic rings. The van der Waals surface area contributed by atoms with E-state index in [4.69, 9.17) is 11.6 Å². The summed E-state index contributed by atoms with van der Waals surface area (Å²) in [5, 5.41) is -0.335. The summed E-state index contributed by atoms with van der Waals surface area (Å²) in [6.45, 7) is 12.8. The Balaban J connectivity index is 3.60. The van der Waals surface area contributed by atoms with Crippen molar-refractivity contribution in [3.63, 3.8) is 0 Å². The molecule has 0 spiro atoms. The Labute approximate surface area is 116 Å². The highest BCUT2D eigenvalue weighted by atomic mass is 35.5. The summed E-state index contributed by atoms with van der Waals surface area (Å²) in [4.78, 5) is 11.7. The molecule has 0 atom stereocenters. The maximum absolute atomic E-state index is 11.7. The third-order valence-corrected chi connectivity index (χ3v) is 3.52. The average Bonchev–Trinajstić information content (AvgIpc) is 2.26. The summed E-state index contributed by atoms with van der Waals surface area (Å²) >= 11 is 5.79. The molecule has 1 aromatic rings. The van der Waals surface area contributed by atoms with Gasteiger partial charge in [0.25, 0.3) is 5.24 Å². The number of hydrogen-bond donors (Lipinski definition) is 0. The van der Waals surface area contributed by atoms with Gasteiger partial charge in [-0.2, -0.15) is 0 Å². The van der Waals surface area contributed by atoms with Crippen LogP contribution in [0.25, 0.3) is 0 Å². The number of benzene rings is 1. The molecule has 0 aliphatic heterocycles. The van der Waals surface area contributed by atoms with Crippen molar-refractivity contribution in [1.82, 2.24) is 0 Å². The highest BCUT2D eigenvalue weighted by Gasteiger charge is 2.20. The molecule has 18 heavy (non-hydrogen) atoms. The lowest BCUT2D eigenvalue weighted by Crippen LogP contribution is -2.08. The maximum atomic E-state index is 11.7. The van der Waals surface area contributed by atoms with Gasteiger partial charge in [-0.25, -0.2) is 0 Å². The molecule has 2 heteroatoms. The Kier molecular flexibility index (Phi) is 4.98. The fourth-order valence-corrected chi connectivity index (χ4v) is 2.40. The second-order valence-corrected chi connectivity index (χ2v) is 6.16. The lowest BCUT2D eigenvalue weighted by atomic mass is 9.85. The first-order valence-corrected chi connectivity index (χ1v) is 7.01. The van der Waals surface area contributed by atoms with E-state index in [0.717, 1.165) is 11.1 Å². The molecule has 0 amide bonds. The average molecular weight is 267 g/mol. The smallest absolute Gasteiger partial charge is 0.252 e. The van der Waals surface area contributed by atoms with Crippen molar-refractivity contribution in [3.8, 4) is 0 Å². The molecule has 0 aliphatic carbocycles. The minimum absolute atomic E-state index is 0.305. The van der Waals surface area contributed by atoms with Crippen LogP contribution in [0.3, 0.4) is 0 Å². The van der Waals surface area contributed by atoms with Gasteiger partial charge in [-0.1, -0.05) is 53.7 Å². The van der Waals surface area contributed by atoms with Gasteiger partial charge in [-0.15, -0.1) is 0 Å². The van der Waals surface area contributed by atoms with Crippen LogP contribution < -0.4 is 0 Å². The summed E-state index contributed by atoms with van der Waals surface area (Å²) in [6.07, 6.45) is 0. The lowest BCUT2D eigenvalue weighted by molar-refractivity contribution is 0.107. The largest absolute Gasteiger partial charge is 0.276 e. The Hall–Kier alpha value is -0.820. The fourth-order valence-electron chi connectivity index (χ4n) is 2.18.